The number of nitrogens with one attached hydrogen (secondary N) is 2. The second-order valence-corrected chi connectivity index (χ2v) is 7.96. The molecule has 0 aliphatic carbocycles. The van der Waals surface area contributed by atoms with Crippen molar-refractivity contribution < 1.29 is 13.2 Å². The number of sulfonamides is 1. The lowest BCUT2D eigenvalue weighted by atomic mass is 10.0. The fourth-order valence-electron chi connectivity index (χ4n) is 2.54. The standard InChI is InChI=1S/C21H20N2O3S/c1-2-27(25,26)23-20-11-7-6-10-19(20)22-18-14-12-17(13-15-18)21(24)16-8-4-3-5-9-16/h3-15,22-23H,2H2,1H3. The van der Waals surface area contributed by atoms with E-state index in [9.17, 15) is 13.2 Å². The number of ketones is 1. The number of carbonyl (C=O) groups is 1. The van der Waals surface area contributed by atoms with E-state index in [1.165, 1.54) is 0 Å². The molecule has 138 valence electrons. The summed E-state index contributed by atoms with van der Waals surface area (Å²) in [7, 11) is -3.37. The van der Waals surface area contributed by atoms with Crippen molar-refractivity contribution in [2.24, 2.45) is 0 Å². The SMILES string of the molecule is CCS(=O)(=O)Nc1ccccc1Nc1ccc(C(=O)c2ccccc2)cc1. The summed E-state index contributed by atoms with van der Waals surface area (Å²) < 4.78 is 26.3. The van der Waals surface area contributed by atoms with Gasteiger partial charge < -0.3 is 5.32 Å². The van der Waals surface area contributed by atoms with Crippen molar-refractivity contribution in [1.29, 1.82) is 0 Å². The molecule has 0 aromatic heterocycles. The molecule has 2 N–H and O–H groups in total. The van der Waals surface area contributed by atoms with Crippen LogP contribution in [0.1, 0.15) is 22.8 Å². The van der Waals surface area contributed by atoms with Gasteiger partial charge >= 0.3 is 0 Å². The van der Waals surface area contributed by atoms with Gasteiger partial charge in [-0.2, -0.15) is 0 Å². The van der Waals surface area contributed by atoms with Gasteiger partial charge in [0.15, 0.2) is 5.78 Å². The third kappa shape index (κ3) is 4.74. The highest BCUT2D eigenvalue weighted by Crippen LogP contribution is 2.26. The van der Waals surface area contributed by atoms with Gasteiger partial charge in [0.25, 0.3) is 0 Å². The van der Waals surface area contributed by atoms with Crippen LogP contribution < -0.4 is 10.0 Å². The highest BCUT2D eigenvalue weighted by molar-refractivity contribution is 7.92. The predicted molar refractivity (Wildman–Crippen MR) is 109 cm³/mol. The van der Waals surface area contributed by atoms with Crippen LogP contribution in [0, 0.1) is 0 Å². The molecule has 0 saturated carbocycles. The van der Waals surface area contributed by atoms with Crippen LogP contribution in [-0.4, -0.2) is 20.0 Å². The highest BCUT2D eigenvalue weighted by Gasteiger charge is 2.11. The molecule has 0 fully saturated rings. The minimum atomic E-state index is -3.37. The molecule has 5 nitrogen and oxygen atoms in total. The van der Waals surface area contributed by atoms with Gasteiger partial charge in [0.2, 0.25) is 10.0 Å². The van der Waals surface area contributed by atoms with Crippen LogP contribution in [0.15, 0.2) is 78.9 Å². The van der Waals surface area contributed by atoms with Gasteiger partial charge in [-0.25, -0.2) is 8.42 Å². The lowest BCUT2D eigenvalue weighted by molar-refractivity contribution is 0.103. The van der Waals surface area contributed by atoms with E-state index in [0.29, 0.717) is 22.5 Å². The van der Waals surface area contributed by atoms with E-state index in [-0.39, 0.29) is 11.5 Å². The van der Waals surface area contributed by atoms with Crippen molar-refractivity contribution in [3.05, 3.63) is 90.0 Å². The van der Waals surface area contributed by atoms with Crippen molar-refractivity contribution in [1.82, 2.24) is 0 Å². The Bertz CT molecular complexity index is 1030. The van der Waals surface area contributed by atoms with Crippen LogP contribution in [0.25, 0.3) is 0 Å². The normalized spacial score (nSPS) is 11.0. The number of hydrogen-bond donors (Lipinski definition) is 2. The van der Waals surface area contributed by atoms with Crippen molar-refractivity contribution in [3.8, 4) is 0 Å². The maximum Gasteiger partial charge on any atom is 0.232 e. The Kier molecular flexibility index (Phi) is 5.57. The van der Waals surface area contributed by atoms with Crippen LogP contribution >= 0.6 is 0 Å². The zero-order chi connectivity index (χ0) is 19.3. The summed E-state index contributed by atoms with van der Waals surface area (Å²) in [6.45, 7) is 1.58. The third-order valence-corrected chi connectivity index (χ3v) is 5.33. The molecule has 0 heterocycles. The van der Waals surface area contributed by atoms with Crippen LogP contribution in [-0.2, 0) is 10.0 Å². The molecule has 6 heteroatoms. The van der Waals surface area contributed by atoms with Gasteiger partial charge in [-0.05, 0) is 43.3 Å². The fourth-order valence-corrected chi connectivity index (χ4v) is 3.19. The highest BCUT2D eigenvalue weighted by atomic mass is 32.2. The largest absolute Gasteiger partial charge is 0.354 e. The smallest absolute Gasteiger partial charge is 0.232 e. The zero-order valence-electron chi connectivity index (χ0n) is 14.8. The Hall–Kier alpha value is -3.12. The second kappa shape index (κ2) is 8.05. The van der Waals surface area contributed by atoms with E-state index < -0.39 is 10.0 Å². The number of benzene rings is 3. The summed E-state index contributed by atoms with van der Waals surface area (Å²) in [6.07, 6.45) is 0. The Balaban J connectivity index is 1.79. The summed E-state index contributed by atoms with van der Waals surface area (Å²) in [5, 5.41) is 3.19. The Morgan fingerprint density at radius 2 is 1.33 bits per heavy atom. The van der Waals surface area contributed by atoms with Crippen LogP contribution in [0.2, 0.25) is 0 Å². The van der Waals surface area contributed by atoms with Gasteiger partial charge in [-0.3, -0.25) is 9.52 Å². The first kappa shape index (κ1) is 18.7. The molecule has 0 spiro atoms. The number of hydrogen-bond acceptors (Lipinski definition) is 4. The van der Waals surface area contributed by atoms with Gasteiger partial charge in [-0.1, -0.05) is 42.5 Å². The summed E-state index contributed by atoms with van der Waals surface area (Å²) in [4.78, 5) is 12.5. The van der Waals surface area contributed by atoms with Gasteiger partial charge in [-0.15, -0.1) is 0 Å². The first-order valence-corrected chi connectivity index (χ1v) is 10.2. The lowest BCUT2D eigenvalue weighted by Gasteiger charge is -2.14. The lowest BCUT2D eigenvalue weighted by Crippen LogP contribution is -2.15. The van der Waals surface area contributed by atoms with Crippen molar-refractivity contribution in [2.75, 3.05) is 15.8 Å². The Morgan fingerprint density at radius 1 is 0.778 bits per heavy atom. The molecule has 3 rings (SSSR count). The molecule has 0 aliphatic heterocycles. The van der Waals surface area contributed by atoms with E-state index in [1.807, 2.05) is 24.3 Å². The number of rotatable bonds is 7. The molecule has 0 atom stereocenters. The average molecular weight is 380 g/mol. The number of carbonyl (C=O) groups excluding carboxylic acids is 1. The van der Waals surface area contributed by atoms with E-state index in [2.05, 4.69) is 10.0 Å². The summed E-state index contributed by atoms with van der Waals surface area (Å²) in [5.41, 5.74) is 3.09. The third-order valence-electron chi connectivity index (χ3n) is 4.03. The van der Waals surface area contributed by atoms with Crippen molar-refractivity contribution in [3.63, 3.8) is 0 Å². The molecule has 0 saturated heterocycles. The topological polar surface area (TPSA) is 75.3 Å². The van der Waals surface area contributed by atoms with Gasteiger partial charge in [0.05, 0.1) is 17.1 Å². The summed E-state index contributed by atoms with van der Waals surface area (Å²) in [5.74, 6) is -0.0456. The maximum atomic E-state index is 12.5. The molecule has 27 heavy (non-hydrogen) atoms. The minimum absolute atomic E-state index is 0.00235. The average Bonchev–Trinajstić information content (AvgIpc) is 2.70. The summed E-state index contributed by atoms with van der Waals surface area (Å²) in [6, 6.07) is 23.2. The fraction of sp³-hybridized carbons (Fsp3) is 0.0952. The molecular formula is C21H20N2O3S. The monoisotopic (exact) mass is 380 g/mol. The van der Waals surface area contributed by atoms with E-state index in [4.69, 9.17) is 0 Å². The second-order valence-electron chi connectivity index (χ2n) is 5.95. The molecule has 0 radical (unpaired) electrons. The number of anilines is 3. The van der Waals surface area contributed by atoms with E-state index in [1.54, 1.807) is 61.5 Å². The van der Waals surface area contributed by atoms with Gasteiger partial charge in [0.1, 0.15) is 0 Å². The maximum absolute atomic E-state index is 12.5. The Morgan fingerprint density at radius 3 is 1.96 bits per heavy atom. The van der Waals surface area contributed by atoms with Crippen molar-refractivity contribution >= 4 is 32.9 Å². The van der Waals surface area contributed by atoms with E-state index >= 15 is 0 Å². The predicted octanol–water partition coefficient (Wildman–Crippen LogP) is 4.42. The quantitative estimate of drug-likeness (QED) is 0.595. The molecule has 0 unspecified atom stereocenters. The molecular weight excluding hydrogens is 360 g/mol. The molecule has 0 aliphatic rings. The molecule has 3 aromatic rings. The number of para-hydroxylation sites is 2. The first-order valence-electron chi connectivity index (χ1n) is 8.55. The van der Waals surface area contributed by atoms with E-state index in [0.717, 1.165) is 5.69 Å². The molecule has 3 aromatic carbocycles. The van der Waals surface area contributed by atoms with Crippen LogP contribution in [0.4, 0.5) is 17.1 Å². The molecule has 0 amide bonds. The van der Waals surface area contributed by atoms with Gasteiger partial charge in [0, 0.05) is 16.8 Å². The first-order chi connectivity index (χ1) is 13.0. The zero-order valence-corrected chi connectivity index (χ0v) is 15.7. The van der Waals surface area contributed by atoms with Crippen LogP contribution in [0.5, 0.6) is 0 Å². The Labute approximate surface area is 159 Å². The van der Waals surface area contributed by atoms with Crippen LogP contribution in [0.3, 0.4) is 0 Å². The summed E-state index contributed by atoms with van der Waals surface area (Å²) >= 11 is 0. The van der Waals surface area contributed by atoms with Crippen molar-refractivity contribution in [2.45, 2.75) is 6.92 Å². The molecule has 0 bridgehead atoms. The minimum Gasteiger partial charge on any atom is -0.354 e.